The normalized spacial score (nSPS) is 14.6. The summed E-state index contributed by atoms with van der Waals surface area (Å²) in [5.41, 5.74) is 1.58. The zero-order chi connectivity index (χ0) is 25.9. The molecule has 0 N–H and O–H groups in total. The molecule has 0 unspecified atom stereocenters. The van der Waals surface area contributed by atoms with Crippen molar-refractivity contribution in [3.05, 3.63) is 111 Å². The highest BCUT2D eigenvalue weighted by atomic mass is 35.5. The summed E-state index contributed by atoms with van der Waals surface area (Å²) in [7, 11) is 1.49. The van der Waals surface area contributed by atoms with E-state index >= 15 is 0 Å². The smallest absolute Gasteiger partial charge is 0.293 e. The zero-order valence-electron chi connectivity index (χ0n) is 19.7. The second-order valence-electron chi connectivity index (χ2n) is 8.32. The first-order chi connectivity index (χ1) is 17.9. The van der Waals surface area contributed by atoms with Crippen LogP contribution in [0.2, 0.25) is 5.02 Å². The average Bonchev–Trinajstić information content (AvgIpc) is 3.16. The molecule has 5 nitrogen and oxygen atoms in total. The van der Waals surface area contributed by atoms with Gasteiger partial charge in [-0.15, -0.1) is 0 Å². The number of rotatable bonds is 7. The molecule has 1 heterocycles. The Hall–Kier alpha value is -3.81. The third kappa shape index (κ3) is 5.19. The standard InChI is InChI=1S/C29H21ClFNO4S/c1-35-25-11-4-8-21(27(25)36-17-22-23(30)9-5-10-24(22)31)15-26-28(33)32(29(34)37-26)16-18-12-13-19-6-2-3-7-20(19)14-18/h2-15H,16-17H2,1H3/b26-15-. The number of halogens is 2. The van der Waals surface area contributed by atoms with Crippen molar-refractivity contribution in [2.75, 3.05) is 7.11 Å². The van der Waals surface area contributed by atoms with Gasteiger partial charge in [0.2, 0.25) is 0 Å². The first-order valence-corrected chi connectivity index (χ1v) is 12.6. The van der Waals surface area contributed by atoms with Gasteiger partial charge in [-0.1, -0.05) is 66.2 Å². The fourth-order valence-electron chi connectivity index (χ4n) is 4.07. The lowest BCUT2D eigenvalue weighted by molar-refractivity contribution is -0.123. The number of benzene rings is 4. The van der Waals surface area contributed by atoms with Gasteiger partial charge < -0.3 is 9.47 Å². The lowest BCUT2D eigenvalue weighted by Crippen LogP contribution is -2.27. The van der Waals surface area contributed by atoms with E-state index in [0.29, 0.717) is 17.1 Å². The molecule has 0 atom stereocenters. The summed E-state index contributed by atoms with van der Waals surface area (Å²) < 4.78 is 25.6. The SMILES string of the molecule is COc1cccc(/C=C2\SC(=O)N(Cc3ccc4ccccc4c3)C2=O)c1OCc1c(F)cccc1Cl. The lowest BCUT2D eigenvalue weighted by atomic mass is 10.1. The molecule has 186 valence electrons. The van der Waals surface area contributed by atoms with Gasteiger partial charge in [-0.05, 0) is 58.4 Å². The van der Waals surface area contributed by atoms with E-state index in [2.05, 4.69) is 0 Å². The van der Waals surface area contributed by atoms with Crippen molar-refractivity contribution >= 4 is 51.4 Å². The van der Waals surface area contributed by atoms with Gasteiger partial charge in [0.05, 0.1) is 23.6 Å². The summed E-state index contributed by atoms with van der Waals surface area (Å²) in [5.74, 6) is -0.171. The number of nitrogens with zero attached hydrogens (tertiary/aromatic N) is 1. The number of hydrogen-bond donors (Lipinski definition) is 0. The highest BCUT2D eigenvalue weighted by molar-refractivity contribution is 8.18. The predicted octanol–water partition coefficient (Wildman–Crippen LogP) is 7.46. The van der Waals surface area contributed by atoms with E-state index in [1.54, 1.807) is 30.3 Å². The van der Waals surface area contributed by atoms with Crippen LogP contribution < -0.4 is 9.47 Å². The van der Waals surface area contributed by atoms with Gasteiger partial charge in [0.1, 0.15) is 12.4 Å². The fraction of sp³-hybridized carbons (Fsp3) is 0.103. The molecule has 1 saturated heterocycles. The van der Waals surface area contributed by atoms with Crippen LogP contribution >= 0.6 is 23.4 Å². The summed E-state index contributed by atoms with van der Waals surface area (Å²) in [6, 6.07) is 23.4. The molecule has 0 spiro atoms. The number of hydrogen-bond acceptors (Lipinski definition) is 5. The molecule has 1 aliphatic rings. The number of thioether (sulfide) groups is 1. The lowest BCUT2D eigenvalue weighted by Gasteiger charge is -2.15. The number of carbonyl (C=O) groups excluding carboxylic acids is 2. The van der Waals surface area contributed by atoms with Crippen molar-refractivity contribution < 1.29 is 23.5 Å². The zero-order valence-corrected chi connectivity index (χ0v) is 21.3. The third-order valence-electron chi connectivity index (χ3n) is 5.97. The monoisotopic (exact) mass is 533 g/mol. The number of imide groups is 1. The van der Waals surface area contributed by atoms with Crippen LogP contribution in [0, 0.1) is 5.82 Å². The maximum atomic E-state index is 14.3. The highest BCUT2D eigenvalue weighted by Gasteiger charge is 2.35. The van der Waals surface area contributed by atoms with Crippen LogP contribution in [0.5, 0.6) is 11.5 Å². The molecule has 8 heteroatoms. The second kappa shape index (κ2) is 10.7. The molecule has 2 amide bonds. The molecular weight excluding hydrogens is 513 g/mol. The van der Waals surface area contributed by atoms with Crippen molar-refractivity contribution in [2.45, 2.75) is 13.2 Å². The molecule has 0 bridgehead atoms. The highest BCUT2D eigenvalue weighted by Crippen LogP contribution is 2.38. The van der Waals surface area contributed by atoms with Crippen LogP contribution in [0.15, 0.2) is 83.8 Å². The Kier molecular flexibility index (Phi) is 7.17. The minimum atomic E-state index is -0.487. The van der Waals surface area contributed by atoms with Gasteiger partial charge in [0.25, 0.3) is 11.1 Å². The average molecular weight is 534 g/mol. The molecule has 1 fully saturated rings. The molecule has 4 aromatic rings. The van der Waals surface area contributed by atoms with Crippen molar-refractivity contribution in [2.24, 2.45) is 0 Å². The van der Waals surface area contributed by atoms with Crippen molar-refractivity contribution in [1.29, 1.82) is 0 Å². The van der Waals surface area contributed by atoms with Crippen LogP contribution in [0.25, 0.3) is 16.8 Å². The van der Waals surface area contributed by atoms with Crippen LogP contribution in [-0.4, -0.2) is 23.2 Å². The molecule has 4 aromatic carbocycles. The third-order valence-corrected chi connectivity index (χ3v) is 7.23. The van der Waals surface area contributed by atoms with Gasteiger partial charge >= 0.3 is 0 Å². The topological polar surface area (TPSA) is 55.8 Å². The number of fused-ring (bicyclic) bond motifs is 1. The Bertz CT molecular complexity index is 1530. The quantitative estimate of drug-likeness (QED) is 0.231. The van der Waals surface area contributed by atoms with Gasteiger partial charge in [0, 0.05) is 11.1 Å². The minimum absolute atomic E-state index is 0.143. The Morgan fingerprint density at radius 3 is 2.54 bits per heavy atom. The molecule has 5 rings (SSSR count). The number of ether oxygens (including phenoxy) is 2. The molecule has 37 heavy (non-hydrogen) atoms. The maximum absolute atomic E-state index is 14.3. The van der Waals surface area contributed by atoms with Gasteiger partial charge in [0.15, 0.2) is 11.5 Å². The van der Waals surface area contributed by atoms with E-state index in [0.717, 1.165) is 28.1 Å². The summed E-state index contributed by atoms with van der Waals surface area (Å²) in [4.78, 5) is 27.4. The number of carbonyl (C=O) groups is 2. The van der Waals surface area contributed by atoms with Crippen molar-refractivity contribution in [3.8, 4) is 11.5 Å². The fourth-order valence-corrected chi connectivity index (χ4v) is 5.12. The molecular formula is C29H21ClFNO4S. The Balaban J connectivity index is 1.40. The Morgan fingerprint density at radius 1 is 0.973 bits per heavy atom. The van der Waals surface area contributed by atoms with Gasteiger partial charge in [-0.2, -0.15) is 0 Å². The van der Waals surface area contributed by atoms with E-state index in [1.165, 1.54) is 24.1 Å². The molecule has 0 saturated carbocycles. The van der Waals surface area contributed by atoms with E-state index < -0.39 is 11.7 Å². The summed E-state index contributed by atoms with van der Waals surface area (Å²) >= 11 is 7.00. The second-order valence-corrected chi connectivity index (χ2v) is 9.72. The van der Waals surface area contributed by atoms with E-state index in [9.17, 15) is 14.0 Å². The largest absolute Gasteiger partial charge is 0.493 e. The summed E-state index contributed by atoms with van der Waals surface area (Å²) in [5, 5.41) is 2.01. The van der Waals surface area contributed by atoms with E-state index in [-0.39, 0.29) is 33.9 Å². The first-order valence-electron chi connectivity index (χ1n) is 11.4. The minimum Gasteiger partial charge on any atom is -0.493 e. The predicted molar refractivity (Wildman–Crippen MR) is 144 cm³/mol. The number of methoxy groups -OCH3 is 1. The molecule has 0 aromatic heterocycles. The van der Waals surface area contributed by atoms with E-state index in [1.807, 2.05) is 42.5 Å². The van der Waals surface area contributed by atoms with E-state index in [4.69, 9.17) is 21.1 Å². The summed E-state index contributed by atoms with van der Waals surface area (Å²) in [6.45, 7) is 0.0241. The van der Waals surface area contributed by atoms with Crippen molar-refractivity contribution in [1.82, 2.24) is 4.90 Å². The summed E-state index contributed by atoms with van der Waals surface area (Å²) in [6.07, 6.45) is 1.59. The Morgan fingerprint density at radius 2 is 1.76 bits per heavy atom. The van der Waals surface area contributed by atoms with Crippen LogP contribution in [0.3, 0.4) is 0 Å². The van der Waals surface area contributed by atoms with Gasteiger partial charge in [-0.3, -0.25) is 14.5 Å². The molecule has 0 aliphatic carbocycles. The van der Waals surface area contributed by atoms with Crippen LogP contribution in [0.4, 0.5) is 9.18 Å². The maximum Gasteiger partial charge on any atom is 0.293 e. The van der Waals surface area contributed by atoms with Crippen molar-refractivity contribution in [3.63, 3.8) is 0 Å². The number of amides is 2. The first kappa shape index (κ1) is 24.9. The van der Waals surface area contributed by atoms with Crippen LogP contribution in [0.1, 0.15) is 16.7 Å². The molecule has 1 aliphatic heterocycles. The number of para-hydroxylation sites is 1. The van der Waals surface area contributed by atoms with Crippen LogP contribution in [-0.2, 0) is 17.9 Å². The van der Waals surface area contributed by atoms with Gasteiger partial charge in [-0.25, -0.2) is 4.39 Å². The molecule has 0 radical (unpaired) electrons. The Labute approximate surface area is 222 Å².